The van der Waals surface area contributed by atoms with Gasteiger partial charge in [0, 0.05) is 16.8 Å². The molecule has 122 valence electrons. The van der Waals surface area contributed by atoms with Crippen LogP contribution in [0.4, 0.5) is 5.13 Å². The van der Waals surface area contributed by atoms with Crippen LogP contribution in [0.2, 0.25) is 5.02 Å². The fraction of sp³-hybridized carbons (Fsp3) is 0.133. The maximum absolute atomic E-state index is 12.2. The van der Waals surface area contributed by atoms with Crippen LogP contribution in [-0.2, 0) is 6.42 Å². The molecule has 9 heteroatoms. The van der Waals surface area contributed by atoms with Crippen molar-refractivity contribution in [1.82, 2.24) is 20.2 Å². The Morgan fingerprint density at radius 3 is 2.67 bits per heavy atom. The number of hydrogen-bond donors (Lipinski definition) is 2. The van der Waals surface area contributed by atoms with Gasteiger partial charge in [-0.2, -0.15) is 0 Å². The molecule has 0 aliphatic rings. The summed E-state index contributed by atoms with van der Waals surface area (Å²) < 4.78 is 0. The largest absolute Gasteiger partial charge is 0.306 e. The first-order valence-corrected chi connectivity index (χ1v) is 8.25. The number of nitrogens with one attached hydrogen (secondary N) is 2. The highest BCUT2D eigenvalue weighted by molar-refractivity contribution is 7.15. The highest BCUT2D eigenvalue weighted by Gasteiger charge is 2.15. The van der Waals surface area contributed by atoms with Crippen molar-refractivity contribution in [2.45, 2.75) is 13.3 Å². The number of H-pyrrole nitrogens is 1. The van der Waals surface area contributed by atoms with Gasteiger partial charge in [-0.1, -0.05) is 29.9 Å². The first kappa shape index (κ1) is 16.3. The molecule has 3 rings (SSSR count). The fourth-order valence-electron chi connectivity index (χ4n) is 1.92. The van der Waals surface area contributed by atoms with Gasteiger partial charge in [-0.05, 0) is 30.7 Å². The molecule has 24 heavy (non-hydrogen) atoms. The molecule has 3 aromatic rings. The minimum atomic E-state index is -0.579. The quantitative estimate of drug-likeness (QED) is 0.744. The van der Waals surface area contributed by atoms with Crippen LogP contribution in [0.15, 0.2) is 35.3 Å². The van der Waals surface area contributed by atoms with Crippen molar-refractivity contribution in [3.05, 3.63) is 56.4 Å². The van der Waals surface area contributed by atoms with E-state index in [1.165, 1.54) is 17.5 Å². The molecule has 1 amide bonds. The number of aromatic amines is 1. The third kappa shape index (κ3) is 3.50. The lowest BCUT2D eigenvalue weighted by molar-refractivity contribution is 0.102. The van der Waals surface area contributed by atoms with E-state index in [0.29, 0.717) is 21.5 Å². The van der Waals surface area contributed by atoms with Gasteiger partial charge in [0.1, 0.15) is 16.4 Å². The summed E-state index contributed by atoms with van der Waals surface area (Å²) in [5.74, 6) is -0.220. The number of halogens is 1. The van der Waals surface area contributed by atoms with Crippen LogP contribution in [0.1, 0.15) is 22.3 Å². The Kier molecular flexibility index (Phi) is 4.68. The van der Waals surface area contributed by atoms with Gasteiger partial charge >= 0.3 is 0 Å². The van der Waals surface area contributed by atoms with Crippen molar-refractivity contribution >= 4 is 34.0 Å². The molecule has 0 saturated heterocycles. The van der Waals surface area contributed by atoms with Gasteiger partial charge in [0.15, 0.2) is 0 Å². The summed E-state index contributed by atoms with van der Waals surface area (Å²) in [6.45, 7) is 1.94. The molecular weight excluding hydrogens is 350 g/mol. The number of aryl methyl sites for hydroxylation is 1. The summed E-state index contributed by atoms with van der Waals surface area (Å²) >= 11 is 7.09. The lowest BCUT2D eigenvalue weighted by Gasteiger charge is -2.03. The zero-order valence-corrected chi connectivity index (χ0v) is 14.1. The van der Waals surface area contributed by atoms with Crippen LogP contribution in [0.5, 0.6) is 0 Å². The molecule has 2 aromatic heterocycles. The van der Waals surface area contributed by atoms with Crippen molar-refractivity contribution in [2.75, 3.05) is 5.32 Å². The number of benzene rings is 1. The molecule has 0 aliphatic heterocycles. The number of rotatable bonds is 4. The zero-order chi connectivity index (χ0) is 17.1. The molecule has 7 nitrogen and oxygen atoms in total. The highest BCUT2D eigenvalue weighted by Crippen LogP contribution is 2.18. The monoisotopic (exact) mass is 361 g/mol. The Labute approximate surface area is 145 Å². The summed E-state index contributed by atoms with van der Waals surface area (Å²) in [5, 5.41) is 12.0. The molecule has 2 N–H and O–H groups in total. The Morgan fingerprint density at radius 1 is 1.29 bits per heavy atom. The van der Waals surface area contributed by atoms with Crippen LogP contribution < -0.4 is 10.9 Å². The van der Waals surface area contributed by atoms with Gasteiger partial charge in [0.2, 0.25) is 5.13 Å². The lowest BCUT2D eigenvalue weighted by atomic mass is 10.2. The highest BCUT2D eigenvalue weighted by atomic mass is 35.5. The van der Waals surface area contributed by atoms with E-state index >= 15 is 0 Å². The van der Waals surface area contributed by atoms with Crippen LogP contribution in [0.3, 0.4) is 0 Å². The maximum atomic E-state index is 12.2. The molecule has 2 heterocycles. The van der Waals surface area contributed by atoms with E-state index in [9.17, 15) is 9.59 Å². The second kappa shape index (κ2) is 6.90. The van der Waals surface area contributed by atoms with E-state index in [1.54, 1.807) is 24.3 Å². The summed E-state index contributed by atoms with van der Waals surface area (Å²) in [7, 11) is 0. The second-order valence-corrected chi connectivity index (χ2v) is 6.29. The first-order chi connectivity index (χ1) is 11.6. The van der Waals surface area contributed by atoms with Crippen molar-refractivity contribution in [2.24, 2.45) is 0 Å². The molecule has 0 aliphatic carbocycles. The van der Waals surface area contributed by atoms with Crippen molar-refractivity contribution in [3.63, 3.8) is 0 Å². The number of carbonyl (C=O) groups is 1. The molecule has 0 spiro atoms. The van der Waals surface area contributed by atoms with E-state index in [2.05, 4.69) is 25.5 Å². The number of amides is 1. The average molecular weight is 362 g/mol. The minimum absolute atomic E-state index is 0.0963. The minimum Gasteiger partial charge on any atom is -0.306 e. The van der Waals surface area contributed by atoms with Crippen LogP contribution in [-0.4, -0.2) is 26.1 Å². The van der Waals surface area contributed by atoms with Gasteiger partial charge in [-0.15, -0.1) is 10.2 Å². The van der Waals surface area contributed by atoms with Crippen LogP contribution >= 0.6 is 22.9 Å². The van der Waals surface area contributed by atoms with Gasteiger partial charge in [0.25, 0.3) is 11.5 Å². The molecule has 0 unspecified atom stereocenters. The molecule has 0 bridgehead atoms. The van der Waals surface area contributed by atoms with E-state index < -0.39 is 11.5 Å². The number of aromatic nitrogens is 4. The summed E-state index contributed by atoms with van der Waals surface area (Å²) in [4.78, 5) is 31.1. The van der Waals surface area contributed by atoms with Crippen LogP contribution in [0, 0.1) is 0 Å². The fourth-order valence-corrected chi connectivity index (χ4v) is 2.72. The third-order valence-corrected chi connectivity index (χ3v) is 4.39. The Morgan fingerprint density at radius 2 is 2.04 bits per heavy atom. The molecule has 0 saturated carbocycles. The molecule has 0 radical (unpaired) electrons. The molecule has 0 fully saturated rings. The normalized spacial score (nSPS) is 10.6. The van der Waals surface area contributed by atoms with Crippen molar-refractivity contribution in [1.29, 1.82) is 0 Å². The predicted octanol–water partition coefficient (Wildman–Crippen LogP) is 2.76. The molecular formula is C15H12ClN5O2S. The summed E-state index contributed by atoms with van der Waals surface area (Å²) in [5.41, 5.74) is 0.0637. The number of carbonyl (C=O) groups excluding carboxylic acids is 1. The average Bonchev–Trinajstić information content (AvgIpc) is 3.03. The Balaban J connectivity index is 1.82. The SMILES string of the molecule is CCc1nnc(NC(=O)c2cnc(-c3ccc(Cl)cc3)[nH]c2=O)s1. The van der Waals surface area contributed by atoms with Gasteiger partial charge in [-0.25, -0.2) is 4.98 Å². The van der Waals surface area contributed by atoms with Gasteiger partial charge in [-0.3, -0.25) is 14.9 Å². The topological polar surface area (TPSA) is 101 Å². The van der Waals surface area contributed by atoms with Crippen molar-refractivity contribution < 1.29 is 4.79 Å². The first-order valence-electron chi connectivity index (χ1n) is 7.06. The van der Waals surface area contributed by atoms with E-state index in [4.69, 9.17) is 11.6 Å². The zero-order valence-electron chi connectivity index (χ0n) is 12.5. The Bertz CT molecular complexity index is 936. The Hall–Kier alpha value is -2.58. The van der Waals surface area contributed by atoms with E-state index in [-0.39, 0.29) is 5.56 Å². The van der Waals surface area contributed by atoms with E-state index in [1.807, 2.05) is 6.92 Å². The molecule has 0 atom stereocenters. The number of nitrogens with zero attached hydrogens (tertiary/aromatic N) is 3. The number of hydrogen-bond acceptors (Lipinski definition) is 6. The summed E-state index contributed by atoms with van der Waals surface area (Å²) in [6.07, 6.45) is 1.96. The van der Waals surface area contributed by atoms with Crippen molar-refractivity contribution in [3.8, 4) is 11.4 Å². The lowest BCUT2D eigenvalue weighted by Crippen LogP contribution is -2.24. The predicted molar refractivity (Wildman–Crippen MR) is 92.5 cm³/mol. The number of anilines is 1. The smallest absolute Gasteiger partial charge is 0.264 e. The van der Waals surface area contributed by atoms with Crippen LogP contribution in [0.25, 0.3) is 11.4 Å². The maximum Gasteiger partial charge on any atom is 0.264 e. The summed E-state index contributed by atoms with van der Waals surface area (Å²) in [6, 6.07) is 6.85. The standard InChI is InChI=1S/C15H12ClN5O2S/c1-2-11-20-21-15(24-11)19-14(23)10-7-17-12(18-13(10)22)8-3-5-9(16)6-4-8/h3-7H,2H2,1H3,(H,17,18,22)(H,19,21,23). The molecule has 1 aromatic carbocycles. The third-order valence-electron chi connectivity index (χ3n) is 3.15. The van der Waals surface area contributed by atoms with Gasteiger partial charge in [0.05, 0.1) is 0 Å². The second-order valence-electron chi connectivity index (χ2n) is 4.79. The van der Waals surface area contributed by atoms with Gasteiger partial charge < -0.3 is 4.98 Å². The van der Waals surface area contributed by atoms with E-state index in [0.717, 1.165) is 11.4 Å².